The second kappa shape index (κ2) is 6.34. The van der Waals surface area contributed by atoms with Gasteiger partial charge in [-0.15, -0.1) is 11.3 Å². The number of hydrogen-bond acceptors (Lipinski definition) is 5. The second-order valence-electron chi connectivity index (χ2n) is 5.66. The van der Waals surface area contributed by atoms with E-state index in [2.05, 4.69) is 47.1 Å². The third kappa shape index (κ3) is 2.80. The summed E-state index contributed by atoms with van der Waals surface area (Å²) < 4.78 is 7.92. The Morgan fingerprint density at radius 1 is 1.57 bits per heavy atom. The van der Waals surface area contributed by atoms with Gasteiger partial charge in [-0.2, -0.15) is 0 Å². The first kappa shape index (κ1) is 14.8. The van der Waals surface area contributed by atoms with E-state index in [-0.39, 0.29) is 6.10 Å². The number of likely N-dealkylation sites (N-methyl/N-ethyl adjacent to an activating group) is 1. The van der Waals surface area contributed by atoms with Crippen molar-refractivity contribution in [1.29, 1.82) is 0 Å². The first-order chi connectivity index (χ1) is 10.2. The molecule has 1 aliphatic heterocycles. The predicted octanol–water partition coefficient (Wildman–Crippen LogP) is 2.51. The molecule has 3 rings (SSSR count). The van der Waals surface area contributed by atoms with Crippen molar-refractivity contribution >= 4 is 22.1 Å². The highest BCUT2D eigenvalue weighted by Crippen LogP contribution is 2.29. The van der Waals surface area contributed by atoms with Crippen LogP contribution in [0.3, 0.4) is 0 Å². The lowest BCUT2D eigenvalue weighted by atomic mass is 10.1. The van der Waals surface area contributed by atoms with E-state index in [1.54, 1.807) is 11.3 Å². The lowest BCUT2D eigenvalue weighted by Gasteiger charge is -2.27. The van der Waals surface area contributed by atoms with Gasteiger partial charge in [0.2, 0.25) is 0 Å². The number of fused-ring (bicyclic) bond motifs is 1. The zero-order chi connectivity index (χ0) is 14.8. The van der Waals surface area contributed by atoms with E-state index in [4.69, 9.17) is 9.72 Å². The Kier molecular flexibility index (Phi) is 4.47. The summed E-state index contributed by atoms with van der Waals surface area (Å²) >= 11 is 1.69. The minimum absolute atomic E-state index is 0.270. The number of nitrogens with one attached hydrogen (secondary N) is 1. The van der Waals surface area contributed by atoms with Crippen molar-refractivity contribution in [3.63, 3.8) is 0 Å². The molecule has 1 saturated heterocycles. The minimum atomic E-state index is 0.270. The molecule has 0 saturated carbocycles. The number of hydrogen-bond donors (Lipinski definition) is 1. The third-order valence-corrected chi connectivity index (χ3v) is 4.98. The van der Waals surface area contributed by atoms with Crippen LogP contribution in [-0.4, -0.2) is 41.7 Å². The molecule has 0 aliphatic carbocycles. The van der Waals surface area contributed by atoms with Crippen molar-refractivity contribution in [1.82, 2.24) is 14.7 Å². The first-order valence-corrected chi connectivity index (χ1v) is 8.60. The highest BCUT2D eigenvalue weighted by atomic mass is 32.1. The van der Waals surface area contributed by atoms with Crippen LogP contribution in [0.15, 0.2) is 11.6 Å². The number of rotatable bonds is 6. The molecule has 1 fully saturated rings. The van der Waals surface area contributed by atoms with E-state index >= 15 is 0 Å². The summed E-state index contributed by atoms with van der Waals surface area (Å²) in [6, 6.07) is 0.416. The fourth-order valence-corrected chi connectivity index (χ4v) is 3.77. The van der Waals surface area contributed by atoms with E-state index < -0.39 is 0 Å². The maximum absolute atomic E-state index is 5.71. The molecule has 0 spiro atoms. The molecule has 3 heterocycles. The largest absolute Gasteiger partial charge is 0.376 e. The van der Waals surface area contributed by atoms with Crippen LogP contribution >= 0.6 is 11.3 Å². The van der Waals surface area contributed by atoms with Gasteiger partial charge >= 0.3 is 0 Å². The van der Waals surface area contributed by atoms with Crippen LogP contribution in [0, 0.1) is 0 Å². The molecule has 1 aliphatic rings. The molecule has 0 amide bonds. The van der Waals surface area contributed by atoms with Crippen LogP contribution in [0.5, 0.6) is 0 Å². The summed E-state index contributed by atoms with van der Waals surface area (Å²) in [6.07, 6.45) is 4.60. The number of thiazole rings is 1. The highest BCUT2D eigenvalue weighted by molar-refractivity contribution is 7.15. The molecule has 2 unspecified atom stereocenters. The molecule has 2 atom stereocenters. The normalized spacial score (nSPS) is 22.2. The second-order valence-corrected chi connectivity index (χ2v) is 6.53. The van der Waals surface area contributed by atoms with Crippen LogP contribution in [0.25, 0.3) is 4.96 Å². The van der Waals surface area contributed by atoms with Gasteiger partial charge < -0.3 is 15.0 Å². The topological polar surface area (TPSA) is 41.8 Å². The van der Waals surface area contributed by atoms with Gasteiger partial charge in [-0.05, 0) is 26.3 Å². The van der Waals surface area contributed by atoms with Crippen molar-refractivity contribution < 1.29 is 4.74 Å². The van der Waals surface area contributed by atoms with E-state index in [1.165, 1.54) is 5.69 Å². The molecular formula is C15H24N4OS. The molecule has 2 aromatic rings. The van der Waals surface area contributed by atoms with Crippen molar-refractivity contribution in [2.75, 3.05) is 25.1 Å². The molecule has 6 heteroatoms. The smallest absolute Gasteiger partial charge is 0.195 e. The number of aromatic nitrogens is 2. The molecule has 1 N–H and O–H groups in total. The van der Waals surface area contributed by atoms with Crippen LogP contribution in [0.2, 0.25) is 0 Å². The lowest BCUT2D eigenvalue weighted by Crippen LogP contribution is -2.37. The SMILES string of the molecule is CCCNCc1c(N(C)C2CCOC2C)nc2sccn12. The molecule has 0 aromatic carbocycles. The molecular weight excluding hydrogens is 284 g/mol. The molecule has 21 heavy (non-hydrogen) atoms. The Morgan fingerprint density at radius 3 is 3.14 bits per heavy atom. The quantitative estimate of drug-likeness (QED) is 0.833. The molecule has 116 valence electrons. The van der Waals surface area contributed by atoms with Gasteiger partial charge in [0.1, 0.15) is 0 Å². The molecule has 0 radical (unpaired) electrons. The van der Waals surface area contributed by atoms with Gasteiger partial charge in [-0.1, -0.05) is 6.92 Å². The average Bonchev–Trinajstić information content (AvgIpc) is 3.15. The van der Waals surface area contributed by atoms with E-state index in [0.29, 0.717) is 6.04 Å². The summed E-state index contributed by atoms with van der Waals surface area (Å²) in [5.41, 5.74) is 1.25. The number of imidazole rings is 1. The van der Waals surface area contributed by atoms with Crippen LogP contribution in [0.1, 0.15) is 32.4 Å². The fourth-order valence-electron chi connectivity index (χ4n) is 3.04. The van der Waals surface area contributed by atoms with Crippen molar-refractivity contribution in [3.05, 3.63) is 17.3 Å². The third-order valence-electron chi connectivity index (χ3n) is 4.23. The monoisotopic (exact) mass is 308 g/mol. The minimum Gasteiger partial charge on any atom is -0.376 e. The Bertz CT molecular complexity index is 594. The summed E-state index contributed by atoms with van der Waals surface area (Å²) in [7, 11) is 2.14. The number of ether oxygens (including phenoxy) is 1. The van der Waals surface area contributed by atoms with Crippen LogP contribution in [0.4, 0.5) is 5.82 Å². The van der Waals surface area contributed by atoms with E-state index in [1.807, 2.05) is 0 Å². The van der Waals surface area contributed by atoms with Crippen molar-refractivity contribution in [3.8, 4) is 0 Å². The summed E-state index contributed by atoms with van der Waals surface area (Å²) in [5.74, 6) is 1.09. The predicted molar refractivity (Wildman–Crippen MR) is 87.3 cm³/mol. The number of anilines is 1. The Hall–Kier alpha value is -1.11. The van der Waals surface area contributed by atoms with Gasteiger partial charge in [-0.25, -0.2) is 4.98 Å². The summed E-state index contributed by atoms with van der Waals surface area (Å²) in [4.78, 5) is 8.21. The van der Waals surface area contributed by atoms with E-state index in [0.717, 1.165) is 43.3 Å². The summed E-state index contributed by atoms with van der Waals surface area (Å²) in [6.45, 7) is 7.08. The maximum Gasteiger partial charge on any atom is 0.195 e. The van der Waals surface area contributed by atoms with E-state index in [9.17, 15) is 0 Å². The Morgan fingerprint density at radius 2 is 2.43 bits per heavy atom. The molecule has 2 aromatic heterocycles. The van der Waals surface area contributed by atoms with Crippen molar-refractivity contribution in [2.45, 2.75) is 45.4 Å². The molecule has 0 bridgehead atoms. The number of nitrogens with zero attached hydrogens (tertiary/aromatic N) is 3. The summed E-state index contributed by atoms with van der Waals surface area (Å²) in [5, 5.41) is 5.60. The Labute approximate surface area is 129 Å². The van der Waals surface area contributed by atoms with Gasteiger partial charge in [-0.3, -0.25) is 4.40 Å². The highest BCUT2D eigenvalue weighted by Gasteiger charge is 2.30. The van der Waals surface area contributed by atoms with Crippen LogP contribution < -0.4 is 10.2 Å². The zero-order valence-electron chi connectivity index (χ0n) is 13.0. The fraction of sp³-hybridized carbons (Fsp3) is 0.667. The standard InChI is InChI=1S/C15H24N4OS/c1-4-6-16-10-13-14(17-15-19(13)7-9-21-15)18(3)12-5-8-20-11(12)2/h7,9,11-12,16H,4-6,8,10H2,1-3H3. The average molecular weight is 308 g/mol. The van der Waals surface area contributed by atoms with Gasteiger partial charge in [0, 0.05) is 31.8 Å². The maximum atomic E-state index is 5.71. The van der Waals surface area contributed by atoms with Gasteiger partial charge in [0.05, 0.1) is 17.8 Å². The van der Waals surface area contributed by atoms with Gasteiger partial charge in [0.25, 0.3) is 0 Å². The Balaban J connectivity index is 1.89. The zero-order valence-corrected chi connectivity index (χ0v) is 13.8. The first-order valence-electron chi connectivity index (χ1n) is 7.72. The van der Waals surface area contributed by atoms with Gasteiger partial charge in [0.15, 0.2) is 10.8 Å². The van der Waals surface area contributed by atoms with Crippen molar-refractivity contribution in [2.24, 2.45) is 0 Å². The van der Waals surface area contributed by atoms with Crippen LogP contribution in [-0.2, 0) is 11.3 Å². The molecule has 5 nitrogen and oxygen atoms in total. The lowest BCUT2D eigenvalue weighted by molar-refractivity contribution is 0.118.